The first kappa shape index (κ1) is 13.0. The van der Waals surface area contributed by atoms with Gasteiger partial charge in [0.05, 0.1) is 5.56 Å². The van der Waals surface area contributed by atoms with Crippen LogP contribution in [0.2, 0.25) is 0 Å². The molecule has 1 unspecified atom stereocenters. The standard InChI is InChI=1S/C12H11FINO/c1-3-4-8(2)15-12(16)10-6-5-9(13)7-11(10)14/h1,5-8H,4H2,2H3,(H,15,16). The van der Waals surface area contributed by atoms with E-state index in [1.165, 1.54) is 18.2 Å². The van der Waals surface area contributed by atoms with E-state index in [4.69, 9.17) is 6.42 Å². The van der Waals surface area contributed by atoms with Crippen molar-refractivity contribution in [2.75, 3.05) is 0 Å². The number of rotatable bonds is 3. The van der Waals surface area contributed by atoms with E-state index in [0.29, 0.717) is 15.6 Å². The molecule has 0 aromatic heterocycles. The molecule has 0 aliphatic carbocycles. The normalized spacial score (nSPS) is 11.6. The molecule has 0 radical (unpaired) electrons. The highest BCUT2D eigenvalue weighted by Crippen LogP contribution is 2.14. The largest absolute Gasteiger partial charge is 0.349 e. The molecule has 1 aromatic carbocycles. The molecule has 2 nitrogen and oxygen atoms in total. The number of hydrogen-bond donors (Lipinski definition) is 1. The second-order valence-corrected chi connectivity index (χ2v) is 4.57. The number of carbonyl (C=O) groups excluding carboxylic acids is 1. The lowest BCUT2D eigenvalue weighted by Gasteiger charge is -2.11. The van der Waals surface area contributed by atoms with E-state index in [9.17, 15) is 9.18 Å². The average Bonchev–Trinajstić information content (AvgIpc) is 2.17. The van der Waals surface area contributed by atoms with Crippen LogP contribution in [0.15, 0.2) is 18.2 Å². The summed E-state index contributed by atoms with van der Waals surface area (Å²) in [6, 6.07) is 3.97. The molecule has 0 saturated heterocycles. The predicted molar refractivity (Wildman–Crippen MR) is 69.5 cm³/mol. The van der Waals surface area contributed by atoms with Gasteiger partial charge in [-0.2, -0.15) is 0 Å². The van der Waals surface area contributed by atoms with Crippen LogP contribution >= 0.6 is 22.6 Å². The van der Waals surface area contributed by atoms with Crippen molar-refractivity contribution < 1.29 is 9.18 Å². The van der Waals surface area contributed by atoms with E-state index in [1.807, 2.05) is 29.5 Å². The lowest BCUT2D eigenvalue weighted by atomic mass is 10.2. The van der Waals surface area contributed by atoms with Crippen LogP contribution in [-0.4, -0.2) is 11.9 Å². The number of carbonyl (C=O) groups is 1. The molecule has 1 aromatic rings. The second kappa shape index (κ2) is 5.85. The van der Waals surface area contributed by atoms with Gasteiger partial charge in [0.2, 0.25) is 0 Å². The van der Waals surface area contributed by atoms with Gasteiger partial charge in [-0.25, -0.2) is 4.39 Å². The summed E-state index contributed by atoms with van der Waals surface area (Å²) >= 11 is 1.93. The molecule has 0 spiro atoms. The zero-order valence-corrected chi connectivity index (χ0v) is 10.9. The van der Waals surface area contributed by atoms with Crippen LogP contribution in [0.5, 0.6) is 0 Å². The zero-order valence-electron chi connectivity index (χ0n) is 8.76. The summed E-state index contributed by atoms with van der Waals surface area (Å²) < 4.78 is 13.4. The van der Waals surface area contributed by atoms with Crippen molar-refractivity contribution in [1.29, 1.82) is 0 Å². The Bertz CT molecular complexity index is 439. The Morgan fingerprint density at radius 1 is 1.69 bits per heavy atom. The first-order valence-electron chi connectivity index (χ1n) is 4.74. The monoisotopic (exact) mass is 331 g/mol. The molecule has 16 heavy (non-hydrogen) atoms. The summed E-state index contributed by atoms with van der Waals surface area (Å²) in [5.41, 5.74) is 0.464. The van der Waals surface area contributed by atoms with Gasteiger partial charge in [-0.1, -0.05) is 0 Å². The van der Waals surface area contributed by atoms with Gasteiger partial charge in [-0.15, -0.1) is 12.3 Å². The molecular formula is C12H11FINO. The minimum atomic E-state index is -0.349. The summed E-state index contributed by atoms with van der Waals surface area (Å²) in [6.45, 7) is 1.83. The fourth-order valence-electron chi connectivity index (χ4n) is 1.20. The summed E-state index contributed by atoms with van der Waals surface area (Å²) in [6.07, 6.45) is 5.62. The SMILES string of the molecule is C#CCC(C)NC(=O)c1ccc(F)cc1I. The van der Waals surface area contributed by atoms with Crippen molar-refractivity contribution in [3.63, 3.8) is 0 Å². The Labute approximate surface area is 108 Å². The maximum Gasteiger partial charge on any atom is 0.252 e. The number of amides is 1. The van der Waals surface area contributed by atoms with E-state index in [-0.39, 0.29) is 17.8 Å². The van der Waals surface area contributed by atoms with Gasteiger partial charge in [-0.3, -0.25) is 4.79 Å². The molecule has 1 rings (SSSR count). The predicted octanol–water partition coefficient (Wildman–Crippen LogP) is 2.57. The molecule has 1 atom stereocenters. The van der Waals surface area contributed by atoms with Crippen molar-refractivity contribution in [3.8, 4) is 12.3 Å². The molecule has 1 N–H and O–H groups in total. The van der Waals surface area contributed by atoms with E-state index >= 15 is 0 Å². The van der Waals surface area contributed by atoms with E-state index in [0.717, 1.165) is 0 Å². The molecule has 0 heterocycles. The van der Waals surface area contributed by atoms with Crippen molar-refractivity contribution in [3.05, 3.63) is 33.1 Å². The fourth-order valence-corrected chi connectivity index (χ4v) is 1.93. The highest BCUT2D eigenvalue weighted by molar-refractivity contribution is 14.1. The van der Waals surface area contributed by atoms with Crippen LogP contribution < -0.4 is 5.32 Å². The number of benzene rings is 1. The summed E-state index contributed by atoms with van der Waals surface area (Å²) in [5.74, 6) is 1.89. The Hall–Kier alpha value is -1.09. The Morgan fingerprint density at radius 3 is 2.94 bits per heavy atom. The third kappa shape index (κ3) is 3.49. The van der Waals surface area contributed by atoms with Crippen LogP contribution in [0.1, 0.15) is 23.7 Å². The zero-order chi connectivity index (χ0) is 12.1. The molecule has 0 saturated carbocycles. The first-order chi connectivity index (χ1) is 7.54. The van der Waals surface area contributed by atoms with Gasteiger partial charge >= 0.3 is 0 Å². The lowest BCUT2D eigenvalue weighted by Crippen LogP contribution is -2.32. The summed E-state index contributed by atoms with van der Waals surface area (Å²) in [4.78, 5) is 11.8. The van der Waals surface area contributed by atoms with E-state index < -0.39 is 0 Å². The van der Waals surface area contributed by atoms with Gasteiger partial charge in [-0.05, 0) is 47.7 Å². The molecular weight excluding hydrogens is 320 g/mol. The van der Waals surface area contributed by atoms with Crippen LogP contribution in [0, 0.1) is 21.7 Å². The topological polar surface area (TPSA) is 29.1 Å². The number of hydrogen-bond acceptors (Lipinski definition) is 1. The van der Waals surface area contributed by atoms with E-state index in [1.54, 1.807) is 0 Å². The Kier molecular flexibility index (Phi) is 4.74. The smallest absolute Gasteiger partial charge is 0.252 e. The van der Waals surface area contributed by atoms with Gasteiger partial charge in [0.1, 0.15) is 5.82 Å². The molecule has 0 aliphatic rings. The molecule has 0 fully saturated rings. The summed E-state index contributed by atoms with van der Waals surface area (Å²) in [5, 5.41) is 2.75. The van der Waals surface area contributed by atoms with Crippen LogP contribution in [0.3, 0.4) is 0 Å². The van der Waals surface area contributed by atoms with E-state index in [2.05, 4.69) is 11.2 Å². The third-order valence-corrected chi connectivity index (χ3v) is 2.87. The maximum absolute atomic E-state index is 12.8. The minimum absolute atomic E-state index is 0.0849. The van der Waals surface area contributed by atoms with Gasteiger partial charge in [0.15, 0.2) is 0 Å². The molecule has 4 heteroatoms. The second-order valence-electron chi connectivity index (χ2n) is 3.41. The molecule has 84 valence electrons. The van der Waals surface area contributed by atoms with Gasteiger partial charge < -0.3 is 5.32 Å². The Balaban J connectivity index is 2.78. The minimum Gasteiger partial charge on any atom is -0.349 e. The van der Waals surface area contributed by atoms with Crippen molar-refractivity contribution in [1.82, 2.24) is 5.32 Å². The quantitative estimate of drug-likeness (QED) is 0.669. The van der Waals surface area contributed by atoms with Crippen molar-refractivity contribution in [2.45, 2.75) is 19.4 Å². The molecule has 0 bridgehead atoms. The molecule has 1 amide bonds. The lowest BCUT2D eigenvalue weighted by molar-refractivity contribution is 0.0940. The first-order valence-corrected chi connectivity index (χ1v) is 5.82. The third-order valence-electron chi connectivity index (χ3n) is 1.98. The van der Waals surface area contributed by atoms with Crippen molar-refractivity contribution in [2.24, 2.45) is 0 Å². The van der Waals surface area contributed by atoms with Crippen LogP contribution in [0.25, 0.3) is 0 Å². The van der Waals surface area contributed by atoms with Gasteiger partial charge in [0, 0.05) is 16.0 Å². The number of terminal acetylenes is 1. The summed E-state index contributed by atoms with van der Waals surface area (Å²) in [7, 11) is 0. The number of nitrogens with one attached hydrogen (secondary N) is 1. The average molecular weight is 331 g/mol. The van der Waals surface area contributed by atoms with Gasteiger partial charge in [0.25, 0.3) is 5.91 Å². The highest BCUT2D eigenvalue weighted by Gasteiger charge is 2.12. The fraction of sp³-hybridized carbons (Fsp3) is 0.250. The van der Waals surface area contributed by atoms with Crippen molar-refractivity contribution >= 4 is 28.5 Å². The highest BCUT2D eigenvalue weighted by atomic mass is 127. The Morgan fingerprint density at radius 2 is 2.38 bits per heavy atom. The van der Waals surface area contributed by atoms with Crippen LogP contribution in [0.4, 0.5) is 4.39 Å². The molecule has 0 aliphatic heterocycles. The number of halogens is 2. The maximum atomic E-state index is 12.8. The van der Waals surface area contributed by atoms with Crippen LogP contribution in [-0.2, 0) is 0 Å².